The number of nitrogens with zero attached hydrogens (tertiary/aromatic N) is 4. The third kappa shape index (κ3) is 3.13. The molecule has 0 N–H and O–H groups in total. The topological polar surface area (TPSA) is 68.1 Å². The highest BCUT2D eigenvalue weighted by Crippen LogP contribution is 2.22. The lowest BCUT2D eigenvalue weighted by molar-refractivity contribution is 0.0652. The fourth-order valence-electron chi connectivity index (χ4n) is 3.16. The summed E-state index contributed by atoms with van der Waals surface area (Å²) >= 11 is 0. The van der Waals surface area contributed by atoms with Crippen molar-refractivity contribution in [1.82, 2.24) is 19.9 Å². The summed E-state index contributed by atoms with van der Waals surface area (Å²) < 4.78 is 1.80. The summed E-state index contributed by atoms with van der Waals surface area (Å²) in [5.41, 5.74) is 3.00. The van der Waals surface area contributed by atoms with Crippen molar-refractivity contribution < 1.29 is 9.59 Å². The quantitative estimate of drug-likeness (QED) is 0.643. The fourth-order valence-corrected chi connectivity index (χ4v) is 3.16. The number of imide groups is 1. The molecule has 0 radical (unpaired) electrons. The van der Waals surface area contributed by atoms with Crippen LogP contribution in [0.3, 0.4) is 0 Å². The number of hydrogen-bond acceptors (Lipinski definition) is 4. The van der Waals surface area contributed by atoms with Gasteiger partial charge in [-0.1, -0.05) is 47.7 Å². The van der Waals surface area contributed by atoms with Gasteiger partial charge in [0.25, 0.3) is 11.8 Å². The van der Waals surface area contributed by atoms with Gasteiger partial charge in [0.1, 0.15) is 0 Å². The van der Waals surface area contributed by atoms with Crippen molar-refractivity contribution in [2.75, 3.05) is 6.54 Å². The molecule has 4 rings (SSSR count). The first kappa shape index (κ1) is 16.2. The fraction of sp³-hybridized carbons (Fsp3) is 0.200. The first-order valence-corrected chi connectivity index (χ1v) is 8.60. The molecule has 0 bridgehead atoms. The molecule has 2 heterocycles. The molecule has 0 fully saturated rings. The van der Waals surface area contributed by atoms with Crippen molar-refractivity contribution in [2.24, 2.45) is 0 Å². The highest BCUT2D eigenvalue weighted by molar-refractivity contribution is 6.21. The zero-order chi connectivity index (χ0) is 17.9. The van der Waals surface area contributed by atoms with Crippen molar-refractivity contribution in [3.05, 3.63) is 83.2 Å². The number of carbonyl (C=O) groups is 2. The molecule has 0 unspecified atom stereocenters. The molecule has 0 saturated carbocycles. The number of fused-ring (bicyclic) bond motifs is 1. The second-order valence-corrected chi connectivity index (χ2v) is 6.30. The molecule has 2 amide bonds. The Morgan fingerprint density at radius 3 is 2.19 bits per heavy atom. The van der Waals surface area contributed by atoms with Crippen LogP contribution in [0.2, 0.25) is 0 Å². The predicted molar refractivity (Wildman–Crippen MR) is 95.7 cm³/mol. The Kier molecular flexibility index (Phi) is 4.31. The molecule has 2 aromatic carbocycles. The average Bonchev–Trinajstić information content (AvgIpc) is 3.21. The first-order chi connectivity index (χ1) is 12.7. The zero-order valence-electron chi connectivity index (χ0n) is 14.2. The van der Waals surface area contributed by atoms with E-state index in [4.69, 9.17) is 0 Å². The first-order valence-electron chi connectivity index (χ1n) is 8.60. The van der Waals surface area contributed by atoms with Crippen LogP contribution in [0.4, 0.5) is 0 Å². The summed E-state index contributed by atoms with van der Waals surface area (Å²) in [6, 6.07) is 17.0. The van der Waals surface area contributed by atoms with E-state index in [9.17, 15) is 9.59 Å². The van der Waals surface area contributed by atoms with Crippen LogP contribution in [-0.2, 0) is 13.0 Å². The van der Waals surface area contributed by atoms with E-state index in [-0.39, 0.29) is 11.8 Å². The number of hydrogen-bond donors (Lipinski definition) is 0. The third-order valence-electron chi connectivity index (χ3n) is 4.47. The molecule has 1 aromatic heterocycles. The lowest BCUT2D eigenvalue weighted by atomic mass is 10.1. The van der Waals surface area contributed by atoms with E-state index in [2.05, 4.69) is 10.3 Å². The smallest absolute Gasteiger partial charge is 0.261 e. The van der Waals surface area contributed by atoms with Gasteiger partial charge in [0.2, 0.25) is 0 Å². The van der Waals surface area contributed by atoms with Gasteiger partial charge in [0.15, 0.2) is 0 Å². The van der Waals surface area contributed by atoms with Gasteiger partial charge in [-0.2, -0.15) is 0 Å². The average molecular weight is 346 g/mol. The van der Waals surface area contributed by atoms with Gasteiger partial charge < -0.3 is 0 Å². The van der Waals surface area contributed by atoms with Gasteiger partial charge in [-0.25, -0.2) is 4.68 Å². The number of aryl methyl sites for hydroxylation is 1. The van der Waals surface area contributed by atoms with Gasteiger partial charge in [0, 0.05) is 12.7 Å². The summed E-state index contributed by atoms with van der Waals surface area (Å²) in [6.45, 7) is 1.06. The molecule has 130 valence electrons. The number of carbonyl (C=O) groups excluding carboxylic acids is 2. The molecule has 6 nitrogen and oxygen atoms in total. The monoisotopic (exact) mass is 346 g/mol. The summed E-state index contributed by atoms with van der Waals surface area (Å²) in [7, 11) is 0. The van der Waals surface area contributed by atoms with Crippen LogP contribution >= 0.6 is 0 Å². The van der Waals surface area contributed by atoms with E-state index in [1.807, 2.05) is 36.5 Å². The van der Waals surface area contributed by atoms with E-state index >= 15 is 0 Å². The maximum Gasteiger partial charge on any atom is 0.261 e. The summed E-state index contributed by atoms with van der Waals surface area (Å²) in [5.74, 6) is -0.420. The van der Waals surface area contributed by atoms with E-state index in [0.717, 1.165) is 11.3 Å². The number of benzene rings is 2. The standard InChI is InChI=1S/C20H18N4O2/c25-19-17-10-4-5-11-18(17)20(26)24(19)12-6-9-16-14-23(22-21-16)13-15-7-2-1-3-8-15/h1-5,7-8,10-11,14H,6,9,12-13H2. The minimum Gasteiger partial charge on any atom is -0.274 e. The van der Waals surface area contributed by atoms with E-state index < -0.39 is 0 Å². The Morgan fingerprint density at radius 1 is 0.846 bits per heavy atom. The van der Waals surface area contributed by atoms with Gasteiger partial charge in [-0.15, -0.1) is 5.10 Å². The molecule has 0 atom stereocenters. The summed E-state index contributed by atoms with van der Waals surface area (Å²) in [4.78, 5) is 26.0. The molecule has 1 aliphatic rings. The Labute approximate surface area is 151 Å². The molecule has 0 aliphatic carbocycles. The van der Waals surface area contributed by atoms with Crippen molar-refractivity contribution in [3.8, 4) is 0 Å². The van der Waals surface area contributed by atoms with Gasteiger partial charge in [0.05, 0.1) is 23.4 Å². The maximum absolute atomic E-state index is 12.3. The van der Waals surface area contributed by atoms with Crippen LogP contribution in [-0.4, -0.2) is 38.3 Å². The van der Waals surface area contributed by atoms with Crippen molar-refractivity contribution in [2.45, 2.75) is 19.4 Å². The van der Waals surface area contributed by atoms with Crippen LogP contribution in [0.15, 0.2) is 60.8 Å². The van der Waals surface area contributed by atoms with Crippen molar-refractivity contribution in [3.63, 3.8) is 0 Å². The normalized spacial score (nSPS) is 13.3. The van der Waals surface area contributed by atoms with Crippen molar-refractivity contribution in [1.29, 1.82) is 0 Å². The Morgan fingerprint density at radius 2 is 1.50 bits per heavy atom. The molecular formula is C20H18N4O2. The van der Waals surface area contributed by atoms with Crippen LogP contribution in [0, 0.1) is 0 Å². The van der Waals surface area contributed by atoms with Gasteiger partial charge in [-0.05, 0) is 30.5 Å². The van der Waals surface area contributed by atoms with Gasteiger partial charge >= 0.3 is 0 Å². The molecule has 3 aromatic rings. The molecule has 0 spiro atoms. The highest BCUT2D eigenvalue weighted by atomic mass is 16.2. The molecular weight excluding hydrogens is 328 g/mol. The SMILES string of the molecule is O=C1c2ccccc2C(=O)N1CCCc1cn(Cc2ccccc2)nn1. The largest absolute Gasteiger partial charge is 0.274 e. The zero-order valence-corrected chi connectivity index (χ0v) is 14.2. The molecule has 1 aliphatic heterocycles. The van der Waals surface area contributed by atoms with E-state index in [1.165, 1.54) is 4.90 Å². The van der Waals surface area contributed by atoms with Crippen LogP contribution < -0.4 is 0 Å². The molecule has 6 heteroatoms. The second-order valence-electron chi connectivity index (χ2n) is 6.30. The van der Waals surface area contributed by atoms with E-state index in [1.54, 1.807) is 28.9 Å². The van der Waals surface area contributed by atoms with E-state index in [0.29, 0.717) is 37.1 Å². The predicted octanol–water partition coefficient (Wildman–Crippen LogP) is 2.56. The lowest BCUT2D eigenvalue weighted by Gasteiger charge is -2.12. The minimum absolute atomic E-state index is 0.210. The third-order valence-corrected chi connectivity index (χ3v) is 4.47. The van der Waals surface area contributed by atoms with Crippen LogP contribution in [0.1, 0.15) is 38.4 Å². The number of amides is 2. The molecule has 0 saturated heterocycles. The van der Waals surface area contributed by atoms with Crippen molar-refractivity contribution >= 4 is 11.8 Å². The Hall–Kier alpha value is -3.28. The highest BCUT2D eigenvalue weighted by Gasteiger charge is 2.34. The summed E-state index contributed by atoms with van der Waals surface area (Å²) in [5, 5.41) is 8.32. The van der Waals surface area contributed by atoms with Crippen LogP contribution in [0.5, 0.6) is 0 Å². The van der Waals surface area contributed by atoms with Crippen LogP contribution in [0.25, 0.3) is 0 Å². The summed E-state index contributed by atoms with van der Waals surface area (Å²) in [6.07, 6.45) is 3.24. The van der Waals surface area contributed by atoms with Gasteiger partial charge in [-0.3, -0.25) is 14.5 Å². The maximum atomic E-state index is 12.3. The molecule has 26 heavy (non-hydrogen) atoms. The number of rotatable bonds is 6. The Balaban J connectivity index is 1.33. The lowest BCUT2D eigenvalue weighted by Crippen LogP contribution is -2.30. The number of aromatic nitrogens is 3. The minimum atomic E-state index is -0.210. The Bertz CT molecular complexity index is 914. The second kappa shape index (κ2) is 6.92.